The summed E-state index contributed by atoms with van der Waals surface area (Å²) in [5.41, 5.74) is -4.40. The molecule has 26 heavy (non-hydrogen) atoms. The number of H-pyrrole nitrogens is 1. The highest BCUT2D eigenvalue weighted by Crippen LogP contribution is 2.39. The highest BCUT2D eigenvalue weighted by molar-refractivity contribution is 6.04. The molecule has 1 saturated heterocycles. The van der Waals surface area contributed by atoms with Crippen LogP contribution in [0.15, 0.2) is 39.9 Å². The Bertz CT molecular complexity index is 968. The van der Waals surface area contributed by atoms with Gasteiger partial charge in [-0.3, -0.25) is 0 Å². The predicted octanol–water partition coefficient (Wildman–Crippen LogP) is 0.311. The van der Waals surface area contributed by atoms with Gasteiger partial charge in [0.2, 0.25) is 0 Å². The summed E-state index contributed by atoms with van der Waals surface area (Å²) in [6.45, 7) is 4.82. The molecule has 2 aromatic rings. The Morgan fingerprint density at radius 1 is 1.23 bits per heavy atom. The topological polar surface area (TPSA) is 112 Å². The van der Waals surface area contributed by atoms with Crippen LogP contribution in [-0.2, 0) is 24.6 Å². The lowest BCUT2D eigenvalue weighted by Gasteiger charge is -2.23. The number of benzene rings is 1. The van der Waals surface area contributed by atoms with Crippen molar-refractivity contribution in [3.8, 4) is 5.69 Å². The number of hydrogen-bond acceptors (Lipinski definition) is 6. The first-order valence-corrected chi connectivity index (χ1v) is 8.13. The average molecular weight is 361 g/mol. The van der Waals surface area contributed by atoms with E-state index in [1.165, 1.54) is 0 Å². The van der Waals surface area contributed by atoms with Crippen LogP contribution in [0.4, 0.5) is 0 Å². The quantitative estimate of drug-likeness (QED) is 0.620. The average Bonchev–Trinajstić information content (AvgIpc) is 3.01. The maximum Gasteiger partial charge on any atom is 0.353 e. The Balaban J connectivity index is 2.25. The van der Waals surface area contributed by atoms with E-state index >= 15 is 0 Å². The molecule has 0 bridgehead atoms. The fourth-order valence-electron chi connectivity index (χ4n) is 3.17. The maximum atomic E-state index is 12.9. The molecule has 1 fully saturated rings. The molecule has 1 aliphatic rings. The van der Waals surface area contributed by atoms with E-state index in [-0.39, 0.29) is 13.0 Å². The molecule has 3 rings (SSSR count). The predicted molar refractivity (Wildman–Crippen MR) is 90.0 cm³/mol. The van der Waals surface area contributed by atoms with Gasteiger partial charge in [-0.15, -0.1) is 0 Å². The number of nitrogens with one attached hydrogen (secondary N) is 1. The number of cyclic esters (lactones) is 1. The number of aromatic nitrogens is 3. The first kappa shape index (κ1) is 17.7. The first-order chi connectivity index (χ1) is 12.2. The van der Waals surface area contributed by atoms with Crippen LogP contribution in [0.2, 0.25) is 0 Å². The molecule has 1 aromatic heterocycles. The van der Waals surface area contributed by atoms with Crippen molar-refractivity contribution in [1.82, 2.24) is 14.3 Å². The van der Waals surface area contributed by atoms with Crippen molar-refractivity contribution in [1.29, 1.82) is 0 Å². The van der Waals surface area contributed by atoms with Crippen LogP contribution in [0.1, 0.15) is 27.2 Å². The number of carbonyl (C=O) groups is 2. The number of esters is 2. The molecule has 0 radical (unpaired) electrons. The van der Waals surface area contributed by atoms with E-state index in [1.54, 1.807) is 51.1 Å². The van der Waals surface area contributed by atoms with Gasteiger partial charge in [0.05, 0.1) is 12.3 Å². The summed E-state index contributed by atoms with van der Waals surface area (Å²) in [7, 11) is 0. The highest BCUT2D eigenvalue weighted by atomic mass is 16.6. The fourth-order valence-corrected chi connectivity index (χ4v) is 3.17. The van der Waals surface area contributed by atoms with Crippen molar-refractivity contribution in [3.63, 3.8) is 0 Å². The molecule has 0 spiro atoms. The molecule has 0 amide bonds. The lowest BCUT2D eigenvalue weighted by molar-refractivity contribution is -0.165. The smallest absolute Gasteiger partial charge is 0.353 e. The third-order valence-corrected chi connectivity index (χ3v) is 4.19. The lowest BCUT2D eigenvalue weighted by atomic mass is 9.90. The molecule has 9 heteroatoms. The largest absolute Gasteiger partial charge is 0.464 e. The normalized spacial score (nSPS) is 21.4. The van der Waals surface area contributed by atoms with E-state index in [2.05, 4.69) is 5.10 Å². The van der Waals surface area contributed by atoms with Crippen LogP contribution >= 0.6 is 0 Å². The van der Waals surface area contributed by atoms with E-state index in [9.17, 15) is 19.2 Å². The summed E-state index contributed by atoms with van der Waals surface area (Å²) in [4.78, 5) is 50.6. The standard InChI is InChI=1S/C17H19N3O6/c1-4-25-12(21)17(10-16(2,3)26-13(17)22)20-15(24)19(14(23)18-20)11-8-6-5-7-9-11/h5-9H,4,10H2,1-3H3,(H,18,23)/t17-/m1/s1. The van der Waals surface area contributed by atoms with Gasteiger partial charge < -0.3 is 9.47 Å². The van der Waals surface area contributed by atoms with E-state index < -0.39 is 34.5 Å². The summed E-state index contributed by atoms with van der Waals surface area (Å²) >= 11 is 0. The van der Waals surface area contributed by atoms with Crippen LogP contribution in [0.5, 0.6) is 0 Å². The van der Waals surface area contributed by atoms with Gasteiger partial charge in [-0.05, 0) is 32.9 Å². The van der Waals surface area contributed by atoms with Crippen LogP contribution < -0.4 is 11.4 Å². The molecule has 0 unspecified atom stereocenters. The molecule has 1 atom stereocenters. The number of para-hydroxylation sites is 1. The Hall–Kier alpha value is -3.10. The molecular weight excluding hydrogens is 342 g/mol. The van der Waals surface area contributed by atoms with Crippen molar-refractivity contribution >= 4 is 11.9 Å². The molecule has 1 aliphatic heterocycles. The number of rotatable bonds is 4. The van der Waals surface area contributed by atoms with Gasteiger partial charge in [0.15, 0.2) is 0 Å². The maximum absolute atomic E-state index is 12.9. The number of ether oxygens (including phenoxy) is 2. The summed E-state index contributed by atoms with van der Waals surface area (Å²) < 4.78 is 11.9. The van der Waals surface area contributed by atoms with Gasteiger partial charge in [0.1, 0.15) is 5.60 Å². The minimum atomic E-state index is -2.07. The molecule has 2 heterocycles. The number of carbonyl (C=O) groups excluding carboxylic acids is 2. The van der Waals surface area contributed by atoms with E-state index in [4.69, 9.17) is 9.47 Å². The third kappa shape index (κ3) is 2.56. The van der Waals surface area contributed by atoms with Crippen LogP contribution in [0.3, 0.4) is 0 Å². The summed E-state index contributed by atoms with van der Waals surface area (Å²) in [5, 5.41) is 2.31. The minimum Gasteiger partial charge on any atom is -0.464 e. The summed E-state index contributed by atoms with van der Waals surface area (Å²) in [5.74, 6) is -1.89. The lowest BCUT2D eigenvalue weighted by Crippen LogP contribution is -2.52. The first-order valence-electron chi connectivity index (χ1n) is 8.13. The van der Waals surface area contributed by atoms with Crippen molar-refractivity contribution in [2.45, 2.75) is 38.3 Å². The Morgan fingerprint density at radius 2 is 1.88 bits per heavy atom. The molecule has 9 nitrogen and oxygen atoms in total. The van der Waals surface area contributed by atoms with Gasteiger partial charge in [-0.1, -0.05) is 18.2 Å². The number of nitrogens with zero attached hydrogens (tertiary/aromatic N) is 2. The second-order valence-electron chi connectivity index (χ2n) is 6.61. The number of hydrogen-bond donors (Lipinski definition) is 1. The van der Waals surface area contributed by atoms with E-state index in [0.717, 1.165) is 9.25 Å². The Kier molecular flexibility index (Phi) is 4.09. The highest BCUT2D eigenvalue weighted by Gasteiger charge is 2.62. The Labute approximate surface area is 148 Å². The summed E-state index contributed by atoms with van der Waals surface area (Å²) in [6, 6.07) is 8.18. The van der Waals surface area contributed by atoms with Gasteiger partial charge in [-0.25, -0.2) is 33.5 Å². The Morgan fingerprint density at radius 3 is 2.42 bits per heavy atom. The van der Waals surface area contributed by atoms with Crippen molar-refractivity contribution in [3.05, 3.63) is 51.3 Å². The van der Waals surface area contributed by atoms with Crippen LogP contribution in [0, 0.1) is 0 Å². The molecule has 1 N–H and O–H groups in total. The zero-order valence-corrected chi connectivity index (χ0v) is 14.6. The van der Waals surface area contributed by atoms with Crippen LogP contribution in [0.25, 0.3) is 5.69 Å². The summed E-state index contributed by atoms with van der Waals surface area (Å²) in [6.07, 6.45) is -0.147. The van der Waals surface area contributed by atoms with Crippen molar-refractivity contribution in [2.24, 2.45) is 0 Å². The molecule has 1 aromatic carbocycles. The van der Waals surface area contributed by atoms with Gasteiger partial charge in [0.25, 0.3) is 5.54 Å². The monoisotopic (exact) mass is 361 g/mol. The zero-order valence-electron chi connectivity index (χ0n) is 14.6. The fraction of sp³-hybridized carbons (Fsp3) is 0.412. The van der Waals surface area contributed by atoms with Crippen LogP contribution in [-0.4, -0.2) is 38.5 Å². The van der Waals surface area contributed by atoms with E-state index in [1.807, 2.05) is 0 Å². The zero-order chi connectivity index (χ0) is 19.1. The third-order valence-electron chi connectivity index (χ3n) is 4.19. The number of aromatic amines is 1. The van der Waals surface area contributed by atoms with Gasteiger partial charge >= 0.3 is 23.3 Å². The van der Waals surface area contributed by atoms with Gasteiger partial charge in [0, 0.05) is 6.42 Å². The van der Waals surface area contributed by atoms with Crippen molar-refractivity contribution < 1.29 is 19.1 Å². The second-order valence-corrected chi connectivity index (χ2v) is 6.61. The second kappa shape index (κ2) is 6.01. The SMILES string of the molecule is CCOC(=O)[C@]1(n2[nH]c(=O)n(-c3ccccc3)c2=O)CC(C)(C)OC1=O. The molecule has 0 saturated carbocycles. The molecule has 0 aliphatic carbocycles. The van der Waals surface area contributed by atoms with E-state index in [0.29, 0.717) is 5.69 Å². The molecular formula is C17H19N3O6. The van der Waals surface area contributed by atoms with Gasteiger partial charge in [-0.2, -0.15) is 0 Å². The van der Waals surface area contributed by atoms with Crippen molar-refractivity contribution in [2.75, 3.05) is 6.61 Å². The molecule has 138 valence electrons. The minimum absolute atomic E-state index is 0.00662.